The van der Waals surface area contributed by atoms with Gasteiger partial charge in [0.25, 0.3) is 5.91 Å². The van der Waals surface area contributed by atoms with Crippen LogP contribution in [0.1, 0.15) is 27.3 Å². The maximum Gasteiger partial charge on any atom is 0.273 e. The number of benzene rings is 2. The molecule has 4 aromatic rings. The lowest BCUT2D eigenvalue weighted by molar-refractivity contribution is 0.101. The SMILES string of the molecule is Cc1nn(Cc2ccccc2Cl)c(C)c1C(=O)Nn1cnc2ccccc21. The van der Waals surface area contributed by atoms with Gasteiger partial charge in [0.2, 0.25) is 0 Å². The van der Waals surface area contributed by atoms with Gasteiger partial charge >= 0.3 is 0 Å². The first-order chi connectivity index (χ1) is 13.0. The van der Waals surface area contributed by atoms with Gasteiger partial charge in [0, 0.05) is 10.7 Å². The minimum Gasteiger partial charge on any atom is -0.267 e. The molecule has 0 aliphatic carbocycles. The quantitative estimate of drug-likeness (QED) is 0.584. The van der Waals surface area contributed by atoms with Crippen LogP contribution >= 0.6 is 11.6 Å². The molecule has 136 valence electrons. The molecule has 2 aromatic heterocycles. The molecule has 27 heavy (non-hydrogen) atoms. The maximum atomic E-state index is 12.9. The zero-order valence-corrected chi connectivity index (χ0v) is 15.7. The van der Waals surface area contributed by atoms with Crippen molar-refractivity contribution in [3.8, 4) is 0 Å². The Morgan fingerprint density at radius 1 is 1.11 bits per heavy atom. The standard InChI is InChI=1S/C20H18ClN5O/c1-13-19(14(2)25(23-13)11-15-7-3-4-8-16(15)21)20(27)24-26-12-22-17-9-5-6-10-18(17)26/h3-10,12H,11H2,1-2H3,(H,24,27). The van der Waals surface area contributed by atoms with Crippen molar-refractivity contribution in [2.24, 2.45) is 0 Å². The molecular formula is C20H18ClN5O. The van der Waals surface area contributed by atoms with Crippen molar-refractivity contribution in [1.29, 1.82) is 0 Å². The molecule has 2 aromatic carbocycles. The first kappa shape index (κ1) is 17.3. The van der Waals surface area contributed by atoms with Gasteiger partial charge in [0.15, 0.2) is 0 Å². The summed E-state index contributed by atoms with van der Waals surface area (Å²) in [5, 5.41) is 5.21. The van der Waals surface area contributed by atoms with E-state index in [-0.39, 0.29) is 5.91 Å². The van der Waals surface area contributed by atoms with Gasteiger partial charge in [0.1, 0.15) is 6.33 Å². The molecule has 4 rings (SSSR count). The summed E-state index contributed by atoms with van der Waals surface area (Å²) < 4.78 is 3.43. The molecule has 0 bridgehead atoms. The average molecular weight is 380 g/mol. The number of imidazole rings is 1. The molecule has 0 spiro atoms. The van der Waals surface area contributed by atoms with E-state index in [1.54, 1.807) is 15.7 Å². The molecule has 0 radical (unpaired) electrons. The number of aryl methyl sites for hydroxylation is 1. The monoisotopic (exact) mass is 379 g/mol. The van der Waals surface area contributed by atoms with Gasteiger partial charge in [0.05, 0.1) is 28.8 Å². The van der Waals surface area contributed by atoms with Gasteiger partial charge in [-0.3, -0.25) is 14.9 Å². The Bertz CT molecular complexity index is 1140. The topological polar surface area (TPSA) is 64.7 Å². The summed E-state index contributed by atoms with van der Waals surface area (Å²) in [5.74, 6) is -0.224. The molecule has 0 saturated heterocycles. The van der Waals surface area contributed by atoms with Crippen molar-refractivity contribution < 1.29 is 4.79 Å². The van der Waals surface area contributed by atoms with Crippen molar-refractivity contribution in [2.75, 3.05) is 5.43 Å². The van der Waals surface area contributed by atoms with Crippen LogP contribution in [0.2, 0.25) is 5.02 Å². The molecule has 1 amide bonds. The molecule has 1 N–H and O–H groups in total. The van der Waals surface area contributed by atoms with Crippen LogP contribution in [0.3, 0.4) is 0 Å². The summed E-state index contributed by atoms with van der Waals surface area (Å²) in [6.45, 7) is 4.22. The van der Waals surface area contributed by atoms with Crippen molar-refractivity contribution >= 4 is 28.5 Å². The average Bonchev–Trinajstić information content (AvgIpc) is 3.18. The number of rotatable bonds is 4. The van der Waals surface area contributed by atoms with E-state index >= 15 is 0 Å². The largest absolute Gasteiger partial charge is 0.273 e. The number of carbonyl (C=O) groups is 1. The molecule has 0 atom stereocenters. The Labute approximate surface area is 161 Å². The van der Waals surface area contributed by atoms with Crippen molar-refractivity contribution in [3.05, 3.63) is 82.4 Å². The van der Waals surface area contributed by atoms with Crippen LogP contribution in [0, 0.1) is 13.8 Å². The first-order valence-corrected chi connectivity index (χ1v) is 8.93. The molecule has 0 fully saturated rings. The van der Waals surface area contributed by atoms with Crippen LogP contribution in [0.4, 0.5) is 0 Å². The maximum absolute atomic E-state index is 12.9. The van der Waals surface area contributed by atoms with Crippen LogP contribution < -0.4 is 5.43 Å². The van der Waals surface area contributed by atoms with E-state index in [0.29, 0.717) is 22.8 Å². The lowest BCUT2D eigenvalue weighted by Crippen LogP contribution is -2.23. The van der Waals surface area contributed by atoms with Crippen LogP contribution in [0.15, 0.2) is 54.9 Å². The summed E-state index contributed by atoms with van der Waals surface area (Å²) >= 11 is 6.26. The van der Waals surface area contributed by atoms with E-state index in [9.17, 15) is 4.79 Å². The number of nitrogens with zero attached hydrogens (tertiary/aromatic N) is 4. The van der Waals surface area contributed by atoms with Crippen LogP contribution in [-0.4, -0.2) is 25.3 Å². The Balaban J connectivity index is 1.63. The Kier molecular flexibility index (Phi) is 4.41. The molecule has 0 unspecified atom stereocenters. The second-order valence-electron chi connectivity index (χ2n) is 6.34. The lowest BCUT2D eigenvalue weighted by atomic mass is 10.2. The number of halogens is 1. The van der Waals surface area contributed by atoms with Gasteiger partial charge in [-0.25, -0.2) is 9.66 Å². The summed E-state index contributed by atoms with van der Waals surface area (Å²) in [6.07, 6.45) is 1.60. The number of carbonyl (C=O) groups excluding carboxylic acids is 1. The van der Waals surface area contributed by atoms with Crippen molar-refractivity contribution in [1.82, 2.24) is 19.4 Å². The first-order valence-electron chi connectivity index (χ1n) is 8.55. The van der Waals surface area contributed by atoms with Crippen LogP contribution in [-0.2, 0) is 6.54 Å². The second-order valence-corrected chi connectivity index (χ2v) is 6.75. The summed E-state index contributed by atoms with van der Waals surface area (Å²) in [4.78, 5) is 17.2. The van der Waals surface area contributed by atoms with Gasteiger partial charge in [-0.05, 0) is 37.6 Å². The summed E-state index contributed by atoms with van der Waals surface area (Å²) in [6, 6.07) is 15.3. The predicted molar refractivity (Wildman–Crippen MR) is 106 cm³/mol. The second kappa shape index (κ2) is 6.89. The highest BCUT2D eigenvalue weighted by Crippen LogP contribution is 2.20. The summed E-state index contributed by atoms with van der Waals surface area (Å²) in [7, 11) is 0. The zero-order chi connectivity index (χ0) is 19.0. The predicted octanol–water partition coefficient (Wildman–Crippen LogP) is 3.94. The smallest absolute Gasteiger partial charge is 0.267 e. The van der Waals surface area contributed by atoms with E-state index < -0.39 is 0 Å². The summed E-state index contributed by atoms with van der Waals surface area (Å²) in [5.41, 5.74) is 7.51. The fourth-order valence-electron chi connectivity index (χ4n) is 3.18. The molecular weight excluding hydrogens is 362 g/mol. The van der Waals surface area contributed by atoms with E-state index in [1.165, 1.54) is 0 Å². The normalized spacial score (nSPS) is 11.1. The number of nitrogens with one attached hydrogen (secondary N) is 1. The van der Waals surface area contributed by atoms with Crippen molar-refractivity contribution in [3.63, 3.8) is 0 Å². The third-order valence-corrected chi connectivity index (χ3v) is 4.93. The number of para-hydroxylation sites is 2. The molecule has 0 saturated carbocycles. The third-order valence-electron chi connectivity index (χ3n) is 4.56. The lowest BCUT2D eigenvalue weighted by Gasteiger charge is -2.09. The van der Waals surface area contributed by atoms with Gasteiger partial charge in [-0.1, -0.05) is 41.9 Å². The van der Waals surface area contributed by atoms with Gasteiger partial charge in [-0.15, -0.1) is 0 Å². The highest BCUT2D eigenvalue weighted by Gasteiger charge is 2.20. The molecule has 2 heterocycles. The number of fused-ring (bicyclic) bond motifs is 1. The number of hydrogen-bond donors (Lipinski definition) is 1. The fraction of sp³-hybridized carbons (Fsp3) is 0.150. The number of amides is 1. The van der Waals surface area contributed by atoms with E-state index in [2.05, 4.69) is 15.5 Å². The Morgan fingerprint density at radius 2 is 1.85 bits per heavy atom. The zero-order valence-electron chi connectivity index (χ0n) is 15.0. The molecule has 0 aliphatic heterocycles. The molecule has 7 heteroatoms. The van der Waals surface area contributed by atoms with E-state index in [4.69, 9.17) is 11.6 Å². The van der Waals surface area contributed by atoms with Gasteiger partial charge < -0.3 is 0 Å². The highest BCUT2D eigenvalue weighted by molar-refractivity contribution is 6.31. The minimum atomic E-state index is -0.224. The molecule has 6 nitrogen and oxygen atoms in total. The van der Waals surface area contributed by atoms with E-state index in [1.807, 2.05) is 62.4 Å². The van der Waals surface area contributed by atoms with Crippen molar-refractivity contribution in [2.45, 2.75) is 20.4 Å². The fourth-order valence-corrected chi connectivity index (χ4v) is 3.38. The number of hydrogen-bond acceptors (Lipinski definition) is 3. The Hall–Kier alpha value is -3.12. The molecule has 0 aliphatic rings. The van der Waals surface area contributed by atoms with Gasteiger partial charge in [-0.2, -0.15) is 5.10 Å². The van der Waals surface area contributed by atoms with E-state index in [0.717, 1.165) is 22.3 Å². The third kappa shape index (κ3) is 3.19. The number of aromatic nitrogens is 4. The van der Waals surface area contributed by atoms with Crippen LogP contribution in [0.25, 0.3) is 11.0 Å². The highest BCUT2D eigenvalue weighted by atomic mass is 35.5. The minimum absolute atomic E-state index is 0.224. The Morgan fingerprint density at radius 3 is 2.67 bits per heavy atom. The van der Waals surface area contributed by atoms with Crippen LogP contribution in [0.5, 0.6) is 0 Å².